The van der Waals surface area contributed by atoms with Crippen LogP contribution in [-0.2, 0) is 0 Å². The molecule has 3 rings (SSSR count). The van der Waals surface area contributed by atoms with Crippen LogP contribution < -0.4 is 14.4 Å². The number of rotatable bonds is 7. The second-order valence-corrected chi connectivity index (χ2v) is 8.38. The molecule has 168 valence electrons. The van der Waals surface area contributed by atoms with Gasteiger partial charge >= 0.3 is 0 Å². The van der Waals surface area contributed by atoms with Crippen molar-refractivity contribution in [2.24, 2.45) is 0 Å². The Kier molecular flexibility index (Phi) is 7.14. The van der Waals surface area contributed by atoms with Gasteiger partial charge in [-0.05, 0) is 67.9 Å². The SMILES string of the molecule is COc1ccc(I)c(C(=O)N(c2ccnc3cc([N+](=O)[O-])ccc23)C(C)N(C)C)c1OC. The van der Waals surface area contributed by atoms with E-state index in [0.29, 0.717) is 37.2 Å². The Labute approximate surface area is 199 Å². The molecule has 0 saturated carbocycles. The van der Waals surface area contributed by atoms with Gasteiger partial charge in [-0.25, -0.2) is 0 Å². The summed E-state index contributed by atoms with van der Waals surface area (Å²) in [5, 5.41) is 11.8. The van der Waals surface area contributed by atoms with Gasteiger partial charge in [-0.3, -0.25) is 29.7 Å². The average Bonchev–Trinajstić information content (AvgIpc) is 2.78. The van der Waals surface area contributed by atoms with E-state index in [-0.39, 0.29) is 17.8 Å². The van der Waals surface area contributed by atoms with E-state index >= 15 is 0 Å². The van der Waals surface area contributed by atoms with Gasteiger partial charge in [0.25, 0.3) is 11.6 Å². The van der Waals surface area contributed by atoms with Crippen molar-refractivity contribution >= 4 is 50.8 Å². The number of methoxy groups -OCH3 is 2. The number of ether oxygens (including phenoxy) is 2. The zero-order chi connectivity index (χ0) is 23.6. The van der Waals surface area contributed by atoms with Crippen LogP contribution in [0, 0.1) is 13.7 Å². The summed E-state index contributed by atoms with van der Waals surface area (Å²) < 4.78 is 11.6. The smallest absolute Gasteiger partial charge is 0.271 e. The van der Waals surface area contributed by atoms with Gasteiger partial charge in [0.05, 0.1) is 42.1 Å². The summed E-state index contributed by atoms with van der Waals surface area (Å²) in [5.74, 6) is 0.496. The molecule has 1 heterocycles. The number of carbonyl (C=O) groups is 1. The Balaban J connectivity index is 2.27. The maximum absolute atomic E-state index is 14.0. The topological polar surface area (TPSA) is 98.0 Å². The van der Waals surface area contributed by atoms with Crippen LogP contribution >= 0.6 is 22.6 Å². The van der Waals surface area contributed by atoms with Gasteiger partial charge in [0.1, 0.15) is 0 Å². The van der Waals surface area contributed by atoms with E-state index in [2.05, 4.69) is 27.6 Å². The number of nitro groups is 1. The number of aromatic nitrogens is 1. The predicted octanol–water partition coefficient (Wildman–Crippen LogP) is 4.32. The molecule has 32 heavy (non-hydrogen) atoms. The van der Waals surface area contributed by atoms with Crippen LogP contribution in [0.1, 0.15) is 17.3 Å². The number of nitro benzene ring substituents is 1. The fourth-order valence-corrected chi connectivity index (χ4v) is 4.03. The van der Waals surface area contributed by atoms with E-state index in [0.717, 1.165) is 0 Å². The van der Waals surface area contributed by atoms with Crippen LogP contribution in [0.4, 0.5) is 11.4 Å². The lowest BCUT2D eigenvalue weighted by Gasteiger charge is -2.35. The minimum Gasteiger partial charge on any atom is -0.493 e. The van der Waals surface area contributed by atoms with Gasteiger partial charge in [0.15, 0.2) is 11.5 Å². The van der Waals surface area contributed by atoms with E-state index in [4.69, 9.17) is 9.47 Å². The molecule has 0 bridgehead atoms. The standard InChI is InChI=1S/C22H23IN4O5/c1-13(25(2)3)26(22(28)20-16(23)8-9-19(31-4)21(20)32-5)18-10-11-24-17-12-14(27(29)30)6-7-15(17)18/h6-13H,1-5H3. The molecule has 9 nitrogen and oxygen atoms in total. The van der Waals surface area contributed by atoms with Crippen molar-refractivity contribution in [2.45, 2.75) is 13.1 Å². The number of hydrogen-bond donors (Lipinski definition) is 0. The molecule has 0 radical (unpaired) electrons. The average molecular weight is 550 g/mol. The Morgan fingerprint density at radius 2 is 1.88 bits per heavy atom. The van der Waals surface area contributed by atoms with Crippen LogP contribution in [0.25, 0.3) is 10.9 Å². The Morgan fingerprint density at radius 1 is 1.16 bits per heavy atom. The normalized spacial score (nSPS) is 12.0. The van der Waals surface area contributed by atoms with Crippen molar-refractivity contribution in [1.82, 2.24) is 9.88 Å². The molecule has 1 unspecified atom stereocenters. The van der Waals surface area contributed by atoms with Crippen LogP contribution in [0.5, 0.6) is 11.5 Å². The molecule has 0 aliphatic heterocycles. The summed E-state index contributed by atoms with van der Waals surface area (Å²) in [7, 11) is 6.74. The van der Waals surface area contributed by atoms with Crippen LogP contribution in [0.2, 0.25) is 0 Å². The molecule has 0 aliphatic rings. The summed E-state index contributed by atoms with van der Waals surface area (Å²) >= 11 is 2.10. The fraction of sp³-hybridized carbons (Fsp3) is 0.273. The summed E-state index contributed by atoms with van der Waals surface area (Å²) in [6, 6.07) is 9.70. The first-order valence-corrected chi connectivity index (χ1v) is 10.7. The number of nitrogens with zero attached hydrogens (tertiary/aromatic N) is 4. The van der Waals surface area contributed by atoms with E-state index in [9.17, 15) is 14.9 Å². The monoisotopic (exact) mass is 550 g/mol. The molecule has 0 N–H and O–H groups in total. The van der Waals surface area contributed by atoms with Gasteiger partial charge in [-0.1, -0.05) is 0 Å². The number of benzene rings is 2. The number of carbonyl (C=O) groups excluding carboxylic acids is 1. The molecular weight excluding hydrogens is 527 g/mol. The van der Waals surface area contributed by atoms with Gasteiger partial charge in [-0.2, -0.15) is 0 Å². The molecule has 2 aromatic carbocycles. The third-order valence-corrected chi connectivity index (χ3v) is 6.12. The largest absolute Gasteiger partial charge is 0.493 e. The lowest BCUT2D eigenvalue weighted by atomic mass is 10.1. The number of non-ortho nitro benzene ring substituents is 1. The summed E-state index contributed by atoms with van der Waals surface area (Å²) in [5.41, 5.74) is 1.31. The van der Waals surface area contributed by atoms with Gasteiger partial charge in [-0.15, -0.1) is 0 Å². The molecule has 1 aromatic heterocycles. The van der Waals surface area contributed by atoms with E-state index < -0.39 is 4.92 Å². The Morgan fingerprint density at radius 3 is 2.47 bits per heavy atom. The quantitative estimate of drug-likeness (QED) is 0.187. The zero-order valence-electron chi connectivity index (χ0n) is 18.3. The van der Waals surface area contributed by atoms with Crippen molar-refractivity contribution in [1.29, 1.82) is 0 Å². The molecule has 10 heteroatoms. The Hall–Kier alpha value is -2.99. The van der Waals surface area contributed by atoms with Crippen molar-refractivity contribution < 1.29 is 19.2 Å². The first kappa shape index (κ1) is 23.7. The minimum absolute atomic E-state index is 0.0651. The molecule has 0 spiro atoms. The highest BCUT2D eigenvalue weighted by Crippen LogP contribution is 2.38. The molecule has 1 atom stereocenters. The second kappa shape index (κ2) is 9.65. The van der Waals surface area contributed by atoms with E-state index in [1.165, 1.54) is 32.5 Å². The van der Waals surface area contributed by atoms with Gasteiger partial charge in [0, 0.05) is 27.3 Å². The first-order chi connectivity index (χ1) is 15.2. The molecule has 3 aromatic rings. The summed E-state index contributed by atoms with van der Waals surface area (Å²) in [6.45, 7) is 1.90. The molecule has 0 fully saturated rings. The van der Waals surface area contributed by atoms with Gasteiger partial charge < -0.3 is 9.47 Å². The first-order valence-electron chi connectivity index (χ1n) is 9.64. The molecule has 1 amide bonds. The lowest BCUT2D eigenvalue weighted by Crippen LogP contribution is -2.47. The minimum atomic E-state index is -0.470. The van der Waals surface area contributed by atoms with Gasteiger partial charge in [0.2, 0.25) is 0 Å². The van der Waals surface area contributed by atoms with E-state index in [1.54, 1.807) is 29.2 Å². The maximum atomic E-state index is 14.0. The highest BCUT2D eigenvalue weighted by Gasteiger charge is 2.31. The summed E-state index contributed by atoms with van der Waals surface area (Å²) in [6.07, 6.45) is 1.19. The van der Waals surface area contributed by atoms with Crippen molar-refractivity contribution in [3.8, 4) is 11.5 Å². The molecular formula is C22H23IN4O5. The highest BCUT2D eigenvalue weighted by atomic mass is 127. The third-order valence-electron chi connectivity index (χ3n) is 5.22. The van der Waals surface area contributed by atoms with Crippen molar-refractivity contribution in [3.05, 3.63) is 61.8 Å². The number of fused-ring (bicyclic) bond motifs is 1. The summed E-state index contributed by atoms with van der Waals surface area (Å²) in [4.78, 5) is 32.6. The predicted molar refractivity (Wildman–Crippen MR) is 131 cm³/mol. The number of hydrogen-bond acceptors (Lipinski definition) is 7. The van der Waals surface area contributed by atoms with Crippen molar-refractivity contribution in [2.75, 3.05) is 33.2 Å². The number of pyridine rings is 1. The fourth-order valence-electron chi connectivity index (χ4n) is 3.38. The molecule has 0 aliphatic carbocycles. The van der Waals surface area contributed by atoms with Crippen LogP contribution in [0.3, 0.4) is 0 Å². The number of halogens is 1. The van der Waals surface area contributed by atoms with E-state index in [1.807, 2.05) is 25.9 Å². The third kappa shape index (κ3) is 4.32. The second-order valence-electron chi connectivity index (χ2n) is 7.22. The van der Waals surface area contributed by atoms with Crippen LogP contribution in [-0.4, -0.2) is 55.2 Å². The maximum Gasteiger partial charge on any atom is 0.271 e. The lowest BCUT2D eigenvalue weighted by molar-refractivity contribution is -0.384. The van der Waals surface area contributed by atoms with Crippen molar-refractivity contribution in [3.63, 3.8) is 0 Å². The van der Waals surface area contributed by atoms with Crippen LogP contribution in [0.15, 0.2) is 42.6 Å². The number of anilines is 1. The Bertz CT molecular complexity index is 1180. The molecule has 0 saturated heterocycles. The highest BCUT2D eigenvalue weighted by molar-refractivity contribution is 14.1. The number of amides is 1. The zero-order valence-corrected chi connectivity index (χ0v) is 20.5.